The molecule has 0 aliphatic rings. The molecule has 2 aromatic heterocycles. The van der Waals surface area contributed by atoms with Crippen LogP contribution in [-0.4, -0.2) is 22.5 Å². The number of fused-ring (bicyclic) bond motifs is 2. The van der Waals surface area contributed by atoms with Crippen LogP contribution in [0.3, 0.4) is 0 Å². The van der Waals surface area contributed by atoms with E-state index in [0.717, 1.165) is 0 Å². The molecular weight excluding hydrogens is 308 g/mol. The number of aromatic nitrogens is 2. The minimum Gasteiger partial charge on any atom is -0.352 e. The van der Waals surface area contributed by atoms with Gasteiger partial charge < -0.3 is 9.97 Å². The fraction of sp³-hybridized carbons (Fsp3) is 0.111. The molecule has 4 heteroatoms. The second-order valence-electron chi connectivity index (χ2n) is 5.16. The summed E-state index contributed by atoms with van der Waals surface area (Å²) in [5.41, 5.74) is 4.75. The number of hydrogen-bond acceptors (Lipinski definition) is 2. The molecule has 0 atom stereocenters. The first kappa shape index (κ1) is 13.9. The first-order valence-electron chi connectivity index (χ1n) is 7.13. The second-order valence-corrected chi connectivity index (χ2v) is 6.79. The number of rotatable bonds is 3. The van der Waals surface area contributed by atoms with E-state index in [-0.39, 0.29) is 0 Å². The van der Waals surface area contributed by atoms with Crippen LogP contribution in [0.5, 0.6) is 0 Å². The van der Waals surface area contributed by atoms with Crippen molar-refractivity contribution < 1.29 is 0 Å². The summed E-state index contributed by atoms with van der Waals surface area (Å²) in [6.07, 6.45) is 4.28. The van der Waals surface area contributed by atoms with Gasteiger partial charge in [0, 0.05) is 31.6 Å². The average molecular weight is 324 g/mol. The Morgan fingerprint density at radius 2 is 1.05 bits per heavy atom. The quantitative estimate of drug-likeness (QED) is 0.469. The van der Waals surface area contributed by atoms with Gasteiger partial charge in [-0.1, -0.05) is 36.4 Å². The van der Waals surface area contributed by atoms with Gasteiger partial charge in [-0.2, -0.15) is 0 Å². The molecule has 0 unspecified atom stereocenters. The highest BCUT2D eigenvalue weighted by atomic mass is 32.2. The van der Waals surface area contributed by atoms with Crippen molar-refractivity contribution in [1.82, 2.24) is 9.97 Å². The maximum Gasteiger partial charge on any atom is 0.0780 e. The zero-order chi connectivity index (χ0) is 15.1. The van der Waals surface area contributed by atoms with Crippen LogP contribution in [0.25, 0.3) is 33.2 Å². The van der Waals surface area contributed by atoms with E-state index in [9.17, 15) is 0 Å². The van der Waals surface area contributed by atoms with Gasteiger partial charge in [0.1, 0.15) is 0 Å². The molecule has 4 rings (SSSR count). The number of para-hydroxylation sites is 2. The Morgan fingerprint density at radius 3 is 1.45 bits per heavy atom. The van der Waals surface area contributed by atoms with E-state index in [2.05, 4.69) is 71.0 Å². The number of benzene rings is 2. The summed E-state index contributed by atoms with van der Waals surface area (Å²) in [5.74, 6) is 0. The van der Waals surface area contributed by atoms with E-state index in [1.165, 1.54) is 43.0 Å². The van der Waals surface area contributed by atoms with E-state index >= 15 is 0 Å². The van der Waals surface area contributed by atoms with Crippen LogP contribution in [-0.2, 0) is 0 Å². The van der Waals surface area contributed by atoms with Crippen LogP contribution in [0.2, 0.25) is 0 Å². The molecule has 0 aliphatic heterocycles. The molecule has 0 amide bonds. The minimum atomic E-state index is 1.19. The number of hydrogen-bond donors (Lipinski definition) is 2. The largest absolute Gasteiger partial charge is 0.352 e. The molecule has 0 saturated carbocycles. The van der Waals surface area contributed by atoms with Crippen molar-refractivity contribution in [2.75, 3.05) is 12.5 Å². The summed E-state index contributed by atoms with van der Waals surface area (Å²) in [7, 11) is 0. The van der Waals surface area contributed by atoms with Gasteiger partial charge in [0.2, 0.25) is 0 Å². The molecule has 0 bridgehead atoms. The summed E-state index contributed by atoms with van der Waals surface area (Å²) < 4.78 is 0. The van der Waals surface area contributed by atoms with E-state index in [1.807, 2.05) is 0 Å². The Labute approximate surface area is 137 Å². The van der Waals surface area contributed by atoms with Gasteiger partial charge >= 0.3 is 0 Å². The zero-order valence-electron chi connectivity index (χ0n) is 12.4. The van der Waals surface area contributed by atoms with Crippen LogP contribution >= 0.6 is 23.5 Å². The third-order valence-electron chi connectivity index (χ3n) is 3.98. The predicted octanol–water partition coefficient (Wildman–Crippen LogP) is 5.76. The molecule has 4 aromatic rings. The Balaban J connectivity index is 2.07. The number of nitrogens with one attached hydrogen (secondary N) is 2. The average Bonchev–Trinajstić information content (AvgIpc) is 3.12. The van der Waals surface area contributed by atoms with Crippen molar-refractivity contribution in [3.8, 4) is 11.4 Å². The first-order valence-corrected chi connectivity index (χ1v) is 9.58. The van der Waals surface area contributed by atoms with Crippen molar-refractivity contribution in [2.24, 2.45) is 0 Å². The summed E-state index contributed by atoms with van der Waals surface area (Å²) in [6, 6.07) is 17.0. The molecule has 0 saturated heterocycles. The lowest BCUT2D eigenvalue weighted by Gasteiger charge is -2.03. The first-order chi connectivity index (χ1) is 10.8. The van der Waals surface area contributed by atoms with Crippen molar-refractivity contribution in [1.29, 1.82) is 0 Å². The van der Waals surface area contributed by atoms with Crippen LogP contribution in [0, 0.1) is 0 Å². The maximum absolute atomic E-state index is 3.60. The lowest BCUT2D eigenvalue weighted by molar-refractivity contribution is 1.30. The standard InChI is InChI=1S/C18H16N2S2/c1-21-17-11-7-3-5-9-13(11)19-15(17)16-18(22-2)12-8-4-6-10-14(12)20-16/h3-10,19-20H,1-2H3. The van der Waals surface area contributed by atoms with Gasteiger partial charge in [-0.05, 0) is 24.6 Å². The molecule has 2 nitrogen and oxygen atoms in total. The third kappa shape index (κ3) is 1.98. The Bertz CT molecular complexity index is 886. The number of H-pyrrole nitrogens is 2. The van der Waals surface area contributed by atoms with E-state index in [0.29, 0.717) is 0 Å². The van der Waals surface area contributed by atoms with Crippen molar-refractivity contribution >= 4 is 45.3 Å². The van der Waals surface area contributed by atoms with Gasteiger partial charge in [-0.3, -0.25) is 0 Å². The van der Waals surface area contributed by atoms with E-state index < -0.39 is 0 Å². The van der Waals surface area contributed by atoms with Crippen LogP contribution in [0.4, 0.5) is 0 Å². The Hall–Kier alpha value is -1.78. The summed E-state index contributed by atoms with van der Waals surface area (Å²) >= 11 is 3.59. The highest BCUT2D eigenvalue weighted by Crippen LogP contribution is 2.42. The molecule has 0 radical (unpaired) electrons. The maximum atomic E-state index is 3.60. The van der Waals surface area contributed by atoms with Gasteiger partial charge in [-0.15, -0.1) is 23.5 Å². The molecule has 0 spiro atoms. The third-order valence-corrected chi connectivity index (χ3v) is 5.64. The fourth-order valence-electron chi connectivity index (χ4n) is 3.01. The lowest BCUT2D eigenvalue weighted by Crippen LogP contribution is -1.82. The van der Waals surface area contributed by atoms with Gasteiger partial charge in [0.25, 0.3) is 0 Å². The van der Waals surface area contributed by atoms with Gasteiger partial charge in [0.05, 0.1) is 11.4 Å². The summed E-state index contributed by atoms with van der Waals surface area (Å²) in [6.45, 7) is 0. The normalized spacial score (nSPS) is 11.5. The van der Waals surface area contributed by atoms with Gasteiger partial charge in [-0.25, -0.2) is 0 Å². The molecular formula is C18H16N2S2. The van der Waals surface area contributed by atoms with Crippen LogP contribution in [0.1, 0.15) is 0 Å². The van der Waals surface area contributed by atoms with E-state index in [4.69, 9.17) is 0 Å². The molecule has 0 fully saturated rings. The molecule has 110 valence electrons. The highest BCUT2D eigenvalue weighted by molar-refractivity contribution is 7.99. The van der Waals surface area contributed by atoms with Crippen LogP contribution in [0.15, 0.2) is 58.3 Å². The number of aromatic amines is 2. The Kier molecular flexibility index (Phi) is 3.43. The lowest BCUT2D eigenvalue weighted by atomic mass is 10.2. The predicted molar refractivity (Wildman–Crippen MR) is 99.2 cm³/mol. The second kappa shape index (κ2) is 5.45. The van der Waals surface area contributed by atoms with E-state index in [1.54, 1.807) is 23.5 Å². The molecule has 2 N–H and O–H groups in total. The van der Waals surface area contributed by atoms with Crippen molar-refractivity contribution in [3.05, 3.63) is 48.5 Å². The SMILES string of the molecule is CSc1c(-c2[nH]c3ccccc3c2SC)[nH]c2ccccc12. The number of thioether (sulfide) groups is 2. The van der Waals surface area contributed by atoms with Gasteiger partial charge in [0.15, 0.2) is 0 Å². The fourth-order valence-corrected chi connectivity index (χ4v) is 4.52. The monoisotopic (exact) mass is 324 g/mol. The Morgan fingerprint density at radius 1 is 0.636 bits per heavy atom. The topological polar surface area (TPSA) is 31.6 Å². The molecule has 22 heavy (non-hydrogen) atoms. The van der Waals surface area contributed by atoms with Crippen molar-refractivity contribution in [2.45, 2.75) is 9.79 Å². The van der Waals surface area contributed by atoms with Crippen molar-refractivity contribution in [3.63, 3.8) is 0 Å². The zero-order valence-corrected chi connectivity index (χ0v) is 14.1. The molecule has 2 aromatic carbocycles. The van der Waals surface area contributed by atoms with Crippen LogP contribution < -0.4 is 0 Å². The molecule has 2 heterocycles. The minimum absolute atomic E-state index is 1.19. The summed E-state index contributed by atoms with van der Waals surface area (Å²) in [4.78, 5) is 9.81. The molecule has 0 aliphatic carbocycles. The smallest absolute Gasteiger partial charge is 0.0780 e. The summed E-state index contributed by atoms with van der Waals surface area (Å²) in [5, 5.41) is 2.58. The highest BCUT2D eigenvalue weighted by Gasteiger charge is 2.18.